The summed E-state index contributed by atoms with van der Waals surface area (Å²) in [6.07, 6.45) is 1.38. The summed E-state index contributed by atoms with van der Waals surface area (Å²) < 4.78 is 26.2. The third-order valence-corrected chi connectivity index (χ3v) is 4.66. The zero-order valence-corrected chi connectivity index (χ0v) is 13.7. The second kappa shape index (κ2) is 7.36. The topological polar surface area (TPSA) is 43.8 Å². The molecule has 0 bridgehead atoms. The Morgan fingerprint density at radius 3 is 2.26 bits per heavy atom. The number of amides is 1. The standard InChI is InChI=1S/C17H24F2N2O2/c1-3-17(23,4-2)12-20-7-9-21(10-8-20)16(22)13-5-6-14(18)15(19)11-13/h5-6,11,23H,3-4,7-10,12H2,1-2H3. The van der Waals surface area contributed by atoms with Gasteiger partial charge in [-0.25, -0.2) is 8.78 Å². The highest BCUT2D eigenvalue weighted by atomic mass is 19.2. The highest BCUT2D eigenvalue weighted by Crippen LogP contribution is 2.18. The van der Waals surface area contributed by atoms with Crippen molar-refractivity contribution in [1.82, 2.24) is 9.80 Å². The fraction of sp³-hybridized carbons (Fsp3) is 0.588. The molecule has 0 saturated carbocycles. The van der Waals surface area contributed by atoms with E-state index in [1.54, 1.807) is 4.90 Å². The quantitative estimate of drug-likeness (QED) is 0.903. The molecule has 1 saturated heterocycles. The number of β-amino-alcohol motifs (C(OH)–C–C–N with tert-alkyl or cyclic N) is 1. The first-order valence-electron chi connectivity index (χ1n) is 8.07. The van der Waals surface area contributed by atoms with Crippen molar-refractivity contribution < 1.29 is 18.7 Å². The summed E-state index contributed by atoms with van der Waals surface area (Å²) in [5.41, 5.74) is -0.525. The zero-order chi connectivity index (χ0) is 17.0. The van der Waals surface area contributed by atoms with Crippen molar-refractivity contribution in [3.8, 4) is 0 Å². The van der Waals surface area contributed by atoms with Crippen LogP contribution >= 0.6 is 0 Å². The smallest absolute Gasteiger partial charge is 0.254 e. The number of hydrogen-bond donors (Lipinski definition) is 1. The van der Waals surface area contributed by atoms with Gasteiger partial charge in [0.05, 0.1) is 5.60 Å². The highest BCUT2D eigenvalue weighted by molar-refractivity contribution is 5.94. The van der Waals surface area contributed by atoms with Crippen LogP contribution < -0.4 is 0 Å². The predicted octanol–water partition coefficient (Wildman–Crippen LogP) is 2.27. The molecule has 0 unspecified atom stereocenters. The minimum Gasteiger partial charge on any atom is -0.389 e. The van der Waals surface area contributed by atoms with Gasteiger partial charge in [-0.3, -0.25) is 9.69 Å². The lowest BCUT2D eigenvalue weighted by Crippen LogP contribution is -2.53. The highest BCUT2D eigenvalue weighted by Gasteiger charge is 2.29. The van der Waals surface area contributed by atoms with Crippen molar-refractivity contribution in [1.29, 1.82) is 0 Å². The number of benzene rings is 1. The summed E-state index contributed by atoms with van der Waals surface area (Å²) in [6, 6.07) is 3.22. The Balaban J connectivity index is 1.93. The molecule has 6 heteroatoms. The number of aliphatic hydroxyl groups is 1. The molecule has 0 aromatic heterocycles. The summed E-state index contributed by atoms with van der Waals surface area (Å²) in [5, 5.41) is 10.4. The van der Waals surface area contributed by atoms with Gasteiger partial charge in [0.1, 0.15) is 0 Å². The van der Waals surface area contributed by atoms with Crippen molar-refractivity contribution in [3.63, 3.8) is 0 Å². The SMILES string of the molecule is CCC(O)(CC)CN1CCN(C(=O)c2ccc(F)c(F)c2)CC1. The van der Waals surface area contributed by atoms with Gasteiger partial charge in [-0.05, 0) is 31.0 Å². The average Bonchev–Trinajstić information content (AvgIpc) is 2.57. The predicted molar refractivity (Wildman–Crippen MR) is 84.2 cm³/mol. The van der Waals surface area contributed by atoms with Crippen LogP contribution in [0.2, 0.25) is 0 Å². The molecule has 1 fully saturated rings. The molecule has 1 aliphatic heterocycles. The van der Waals surface area contributed by atoms with Gasteiger partial charge >= 0.3 is 0 Å². The van der Waals surface area contributed by atoms with E-state index in [0.29, 0.717) is 45.6 Å². The number of piperazine rings is 1. The first kappa shape index (κ1) is 17.8. The third-order valence-electron chi connectivity index (χ3n) is 4.66. The summed E-state index contributed by atoms with van der Waals surface area (Å²) in [5.74, 6) is -2.25. The van der Waals surface area contributed by atoms with Crippen molar-refractivity contribution in [2.45, 2.75) is 32.3 Å². The summed E-state index contributed by atoms with van der Waals surface area (Å²) >= 11 is 0. The molecular formula is C17H24F2N2O2. The van der Waals surface area contributed by atoms with Crippen LogP contribution in [0.5, 0.6) is 0 Å². The number of carbonyl (C=O) groups is 1. The molecule has 1 aromatic carbocycles. The average molecular weight is 326 g/mol. The monoisotopic (exact) mass is 326 g/mol. The Bertz CT molecular complexity index is 554. The molecular weight excluding hydrogens is 302 g/mol. The van der Waals surface area contributed by atoms with Crippen LogP contribution in [0, 0.1) is 11.6 Å². The number of rotatable bonds is 5. The van der Waals surface area contributed by atoms with Crippen molar-refractivity contribution in [2.75, 3.05) is 32.7 Å². The minimum absolute atomic E-state index is 0.163. The molecule has 0 atom stereocenters. The van der Waals surface area contributed by atoms with E-state index < -0.39 is 17.2 Å². The summed E-state index contributed by atoms with van der Waals surface area (Å²) in [7, 11) is 0. The number of hydrogen-bond acceptors (Lipinski definition) is 3. The molecule has 128 valence electrons. The van der Waals surface area contributed by atoms with Crippen LogP contribution in [0.3, 0.4) is 0 Å². The fourth-order valence-electron chi connectivity index (χ4n) is 2.81. The van der Waals surface area contributed by atoms with Crippen LogP contribution in [-0.4, -0.2) is 59.1 Å². The largest absolute Gasteiger partial charge is 0.389 e. The molecule has 1 heterocycles. The van der Waals surface area contributed by atoms with Gasteiger partial charge in [-0.15, -0.1) is 0 Å². The number of nitrogens with zero attached hydrogens (tertiary/aromatic N) is 2. The van der Waals surface area contributed by atoms with Crippen molar-refractivity contribution in [3.05, 3.63) is 35.4 Å². The molecule has 0 aliphatic carbocycles. The van der Waals surface area contributed by atoms with E-state index in [0.717, 1.165) is 12.1 Å². The zero-order valence-electron chi connectivity index (χ0n) is 13.7. The molecule has 4 nitrogen and oxygen atoms in total. The van der Waals surface area contributed by atoms with Gasteiger partial charge in [0.15, 0.2) is 11.6 Å². The van der Waals surface area contributed by atoms with Crippen LogP contribution in [0.15, 0.2) is 18.2 Å². The first-order chi connectivity index (χ1) is 10.9. The number of carbonyl (C=O) groups excluding carboxylic acids is 1. The molecule has 23 heavy (non-hydrogen) atoms. The van der Waals surface area contributed by atoms with Crippen LogP contribution in [0.1, 0.15) is 37.0 Å². The van der Waals surface area contributed by atoms with E-state index in [4.69, 9.17) is 0 Å². The molecule has 1 aromatic rings. The Kier molecular flexibility index (Phi) is 5.70. The maximum absolute atomic E-state index is 13.3. The summed E-state index contributed by atoms with van der Waals surface area (Å²) in [6.45, 7) is 6.88. The minimum atomic E-state index is -1.01. The maximum Gasteiger partial charge on any atom is 0.254 e. The van der Waals surface area contributed by atoms with Crippen LogP contribution in [0.4, 0.5) is 8.78 Å². The summed E-state index contributed by atoms with van der Waals surface area (Å²) in [4.78, 5) is 16.1. The number of halogens is 2. The molecule has 1 N–H and O–H groups in total. The second-order valence-electron chi connectivity index (χ2n) is 6.13. The van der Waals surface area contributed by atoms with Gasteiger partial charge in [0, 0.05) is 38.3 Å². The third kappa shape index (κ3) is 4.26. The van der Waals surface area contributed by atoms with Gasteiger partial charge in [0.2, 0.25) is 0 Å². The molecule has 0 spiro atoms. The van der Waals surface area contributed by atoms with Gasteiger partial charge < -0.3 is 10.0 Å². The van der Waals surface area contributed by atoms with Crippen molar-refractivity contribution in [2.24, 2.45) is 0 Å². The van der Waals surface area contributed by atoms with E-state index >= 15 is 0 Å². The van der Waals surface area contributed by atoms with E-state index in [1.807, 2.05) is 13.8 Å². The Morgan fingerprint density at radius 1 is 1.13 bits per heavy atom. The van der Waals surface area contributed by atoms with Gasteiger partial charge in [-0.1, -0.05) is 13.8 Å². The van der Waals surface area contributed by atoms with Gasteiger partial charge in [-0.2, -0.15) is 0 Å². The lowest BCUT2D eigenvalue weighted by atomic mass is 9.96. The van der Waals surface area contributed by atoms with Crippen LogP contribution in [0.25, 0.3) is 0 Å². The van der Waals surface area contributed by atoms with E-state index in [-0.39, 0.29) is 11.5 Å². The lowest BCUT2D eigenvalue weighted by Gasteiger charge is -2.39. The lowest BCUT2D eigenvalue weighted by molar-refractivity contribution is -0.0139. The Morgan fingerprint density at radius 2 is 1.74 bits per heavy atom. The van der Waals surface area contributed by atoms with Gasteiger partial charge in [0.25, 0.3) is 5.91 Å². The molecule has 1 aliphatic rings. The molecule has 2 rings (SSSR count). The Labute approximate surface area is 135 Å². The van der Waals surface area contributed by atoms with E-state index in [2.05, 4.69) is 4.90 Å². The van der Waals surface area contributed by atoms with Crippen LogP contribution in [-0.2, 0) is 0 Å². The molecule has 0 radical (unpaired) electrons. The van der Waals surface area contributed by atoms with E-state index in [9.17, 15) is 18.7 Å². The first-order valence-corrected chi connectivity index (χ1v) is 8.07. The fourth-order valence-corrected chi connectivity index (χ4v) is 2.81. The molecule has 1 amide bonds. The Hall–Kier alpha value is -1.53. The van der Waals surface area contributed by atoms with Crippen molar-refractivity contribution >= 4 is 5.91 Å². The maximum atomic E-state index is 13.3. The second-order valence-corrected chi connectivity index (χ2v) is 6.13. The van der Waals surface area contributed by atoms with E-state index in [1.165, 1.54) is 6.07 Å². The normalized spacial score (nSPS) is 16.7.